The lowest BCUT2D eigenvalue weighted by atomic mass is 10.2. The molecule has 0 aliphatic heterocycles. The van der Waals surface area contributed by atoms with E-state index >= 15 is 0 Å². The normalized spacial score (nSPS) is 12.1. The summed E-state index contributed by atoms with van der Waals surface area (Å²) in [5, 5.41) is 9.11. The van der Waals surface area contributed by atoms with Gasteiger partial charge in [-0.3, -0.25) is 0 Å². The molecule has 0 unspecified atom stereocenters. The molecule has 1 aromatic rings. The Bertz CT molecular complexity index is 599. The number of nitrogens with zero attached hydrogens (tertiary/aromatic N) is 2. The van der Waals surface area contributed by atoms with E-state index in [-0.39, 0.29) is 22.7 Å². The number of rotatable bonds is 6. The third-order valence-electron chi connectivity index (χ3n) is 2.78. The van der Waals surface area contributed by atoms with Crippen LogP contribution in [0.3, 0.4) is 0 Å². The van der Waals surface area contributed by atoms with Gasteiger partial charge < -0.3 is 15.7 Å². The second-order valence-electron chi connectivity index (χ2n) is 4.69. The number of hydrogen-bond acceptors (Lipinski definition) is 5. The van der Waals surface area contributed by atoms with E-state index in [1.807, 2.05) is 19.0 Å². The third-order valence-corrected chi connectivity index (χ3v) is 4.70. The summed E-state index contributed by atoms with van der Waals surface area (Å²) >= 11 is 0. The van der Waals surface area contributed by atoms with Gasteiger partial charge in [-0.25, -0.2) is 13.2 Å². The van der Waals surface area contributed by atoms with Crippen molar-refractivity contribution in [3.63, 3.8) is 0 Å². The third kappa shape index (κ3) is 3.69. The van der Waals surface area contributed by atoms with E-state index in [0.717, 1.165) is 10.4 Å². The molecular weight excluding hydrogens is 282 g/mol. The van der Waals surface area contributed by atoms with E-state index in [0.29, 0.717) is 6.54 Å². The minimum Gasteiger partial charge on any atom is -0.478 e. The second kappa shape index (κ2) is 6.21. The van der Waals surface area contributed by atoms with Crippen LogP contribution >= 0.6 is 0 Å². The molecule has 1 aromatic carbocycles. The van der Waals surface area contributed by atoms with Crippen LogP contribution in [0.2, 0.25) is 0 Å². The maximum absolute atomic E-state index is 12.4. The van der Waals surface area contributed by atoms with Gasteiger partial charge in [0.2, 0.25) is 10.0 Å². The quantitative estimate of drug-likeness (QED) is 0.725. The smallest absolute Gasteiger partial charge is 0.337 e. The van der Waals surface area contributed by atoms with Crippen molar-refractivity contribution < 1.29 is 18.3 Å². The van der Waals surface area contributed by atoms with Crippen molar-refractivity contribution in [1.29, 1.82) is 0 Å². The maximum Gasteiger partial charge on any atom is 0.337 e. The molecular formula is C12H19N3O4S. The average Bonchev–Trinajstić information content (AvgIpc) is 2.35. The molecule has 0 aliphatic carbocycles. The molecule has 0 bridgehead atoms. The molecule has 0 aliphatic rings. The molecule has 3 N–H and O–H groups in total. The zero-order valence-electron chi connectivity index (χ0n) is 11.7. The number of hydrogen-bond donors (Lipinski definition) is 2. The average molecular weight is 301 g/mol. The number of likely N-dealkylation sites (N-methyl/N-ethyl adjacent to an activating group) is 2. The first kappa shape index (κ1) is 16.4. The van der Waals surface area contributed by atoms with Gasteiger partial charge >= 0.3 is 5.97 Å². The highest BCUT2D eigenvalue weighted by Gasteiger charge is 2.26. The molecule has 112 valence electrons. The number of benzene rings is 1. The van der Waals surface area contributed by atoms with Crippen molar-refractivity contribution in [2.45, 2.75) is 4.90 Å². The number of nitrogen functional groups attached to an aromatic ring is 1. The summed E-state index contributed by atoms with van der Waals surface area (Å²) in [4.78, 5) is 12.8. The fourth-order valence-electron chi connectivity index (χ4n) is 1.57. The molecule has 0 aromatic heterocycles. The Balaban J connectivity index is 3.18. The molecule has 0 heterocycles. The summed E-state index contributed by atoms with van der Waals surface area (Å²) in [6, 6.07) is 3.74. The van der Waals surface area contributed by atoms with E-state index in [2.05, 4.69) is 0 Å². The van der Waals surface area contributed by atoms with E-state index in [9.17, 15) is 13.2 Å². The van der Waals surface area contributed by atoms with Crippen LogP contribution in [0.4, 0.5) is 5.69 Å². The Labute approximate surface area is 118 Å². The topological polar surface area (TPSA) is 104 Å². The first-order chi connectivity index (χ1) is 9.16. The number of aromatic carboxylic acids is 1. The first-order valence-electron chi connectivity index (χ1n) is 5.90. The Kier molecular flexibility index (Phi) is 5.09. The van der Waals surface area contributed by atoms with Gasteiger partial charge in [0.05, 0.1) is 10.5 Å². The van der Waals surface area contributed by atoms with Gasteiger partial charge in [0.1, 0.15) is 0 Å². The van der Waals surface area contributed by atoms with Gasteiger partial charge in [-0.2, -0.15) is 4.31 Å². The molecule has 0 spiro atoms. The first-order valence-corrected chi connectivity index (χ1v) is 7.34. The predicted octanol–water partition coefficient (Wildman–Crippen LogP) is 0.149. The highest BCUT2D eigenvalue weighted by atomic mass is 32.2. The summed E-state index contributed by atoms with van der Waals surface area (Å²) in [5.41, 5.74) is 5.39. The number of nitrogens with two attached hydrogens (primary N) is 1. The molecule has 0 radical (unpaired) electrons. The van der Waals surface area contributed by atoms with Gasteiger partial charge in [-0.1, -0.05) is 0 Å². The zero-order chi connectivity index (χ0) is 15.5. The molecule has 0 saturated heterocycles. The molecule has 1 rings (SSSR count). The maximum atomic E-state index is 12.4. The van der Waals surface area contributed by atoms with Crippen LogP contribution in [0.5, 0.6) is 0 Å². The summed E-state index contributed by atoms with van der Waals surface area (Å²) in [6.07, 6.45) is 0. The minimum absolute atomic E-state index is 0.206. The summed E-state index contributed by atoms with van der Waals surface area (Å²) in [7, 11) is 1.21. The van der Waals surface area contributed by atoms with Crippen molar-refractivity contribution in [1.82, 2.24) is 9.21 Å². The van der Waals surface area contributed by atoms with Gasteiger partial charge in [-0.15, -0.1) is 0 Å². The number of carboxylic acid groups (broad SMARTS) is 1. The Morgan fingerprint density at radius 3 is 2.35 bits per heavy atom. The number of carbonyl (C=O) groups is 1. The number of carboxylic acids is 1. The van der Waals surface area contributed by atoms with Gasteiger partial charge in [-0.05, 0) is 32.3 Å². The van der Waals surface area contributed by atoms with Crippen LogP contribution < -0.4 is 5.73 Å². The molecule has 0 saturated carbocycles. The van der Waals surface area contributed by atoms with Gasteiger partial charge in [0.25, 0.3) is 0 Å². The summed E-state index contributed by atoms with van der Waals surface area (Å²) < 4.78 is 25.9. The van der Waals surface area contributed by atoms with Crippen molar-refractivity contribution in [2.75, 3.05) is 40.0 Å². The van der Waals surface area contributed by atoms with Crippen molar-refractivity contribution in [2.24, 2.45) is 0 Å². The molecule has 8 heteroatoms. The van der Waals surface area contributed by atoms with Crippen molar-refractivity contribution in [3.8, 4) is 0 Å². The molecule has 20 heavy (non-hydrogen) atoms. The van der Waals surface area contributed by atoms with E-state index in [1.165, 1.54) is 19.2 Å². The fraction of sp³-hybridized carbons (Fsp3) is 0.417. The van der Waals surface area contributed by atoms with E-state index in [4.69, 9.17) is 10.8 Å². The van der Waals surface area contributed by atoms with E-state index in [1.54, 1.807) is 0 Å². The Morgan fingerprint density at radius 2 is 1.85 bits per heavy atom. The largest absolute Gasteiger partial charge is 0.478 e. The molecule has 0 amide bonds. The number of anilines is 1. The monoisotopic (exact) mass is 301 g/mol. The van der Waals surface area contributed by atoms with Crippen LogP contribution in [0.15, 0.2) is 23.1 Å². The van der Waals surface area contributed by atoms with E-state index < -0.39 is 16.0 Å². The van der Waals surface area contributed by atoms with Crippen molar-refractivity contribution >= 4 is 21.7 Å². The minimum atomic E-state index is -3.86. The predicted molar refractivity (Wildman–Crippen MR) is 76.2 cm³/mol. The van der Waals surface area contributed by atoms with Crippen LogP contribution in [-0.2, 0) is 10.0 Å². The lowest BCUT2D eigenvalue weighted by Crippen LogP contribution is -2.34. The van der Waals surface area contributed by atoms with Crippen LogP contribution in [0.1, 0.15) is 10.4 Å². The van der Waals surface area contributed by atoms with Crippen molar-refractivity contribution in [3.05, 3.63) is 23.8 Å². The number of sulfonamides is 1. The lowest BCUT2D eigenvalue weighted by molar-refractivity contribution is 0.0692. The van der Waals surface area contributed by atoms with Crippen LogP contribution in [0, 0.1) is 0 Å². The zero-order valence-corrected chi connectivity index (χ0v) is 12.5. The molecule has 0 atom stereocenters. The molecule has 7 nitrogen and oxygen atoms in total. The highest BCUT2D eigenvalue weighted by molar-refractivity contribution is 7.89. The fourth-order valence-corrected chi connectivity index (χ4v) is 2.89. The van der Waals surface area contributed by atoms with Gasteiger partial charge in [0.15, 0.2) is 0 Å². The van der Waals surface area contributed by atoms with Crippen LogP contribution in [-0.4, -0.2) is 62.9 Å². The Hall–Kier alpha value is -1.64. The SMILES string of the molecule is CN(C)CCN(C)S(=O)(=O)c1ccc(N)cc1C(=O)O. The molecule has 0 fully saturated rings. The van der Waals surface area contributed by atoms with Crippen LogP contribution in [0.25, 0.3) is 0 Å². The highest BCUT2D eigenvalue weighted by Crippen LogP contribution is 2.21. The second-order valence-corrected chi connectivity index (χ2v) is 6.70. The summed E-state index contributed by atoms with van der Waals surface area (Å²) in [5.74, 6) is -1.32. The standard InChI is InChI=1S/C12H19N3O4S/c1-14(2)6-7-15(3)20(18,19)11-5-4-9(13)8-10(11)12(16)17/h4-5,8H,6-7,13H2,1-3H3,(H,16,17). The Morgan fingerprint density at radius 1 is 1.25 bits per heavy atom. The van der Waals surface area contributed by atoms with Gasteiger partial charge in [0, 0.05) is 25.8 Å². The summed E-state index contributed by atoms with van der Waals surface area (Å²) in [6.45, 7) is 0.797. The lowest BCUT2D eigenvalue weighted by Gasteiger charge is -2.20.